The molecule has 6 heteroatoms. The molecule has 2 aromatic heterocycles. The molecule has 0 atom stereocenters. The van der Waals surface area contributed by atoms with Gasteiger partial charge in [-0.1, -0.05) is 6.07 Å². The number of amides is 1. The lowest BCUT2D eigenvalue weighted by Crippen LogP contribution is -2.41. The second-order valence-electron chi connectivity index (χ2n) is 6.30. The number of thiophene rings is 1. The molecule has 3 rings (SSSR count). The largest absolute Gasteiger partial charge is 0.355 e. The van der Waals surface area contributed by atoms with Gasteiger partial charge in [0.05, 0.1) is 11.4 Å². The lowest BCUT2D eigenvalue weighted by molar-refractivity contribution is -0.125. The van der Waals surface area contributed by atoms with Crippen LogP contribution in [0.5, 0.6) is 0 Å². The molecule has 1 N–H and O–H groups in total. The quantitative estimate of drug-likeness (QED) is 0.906. The molecule has 5 nitrogen and oxygen atoms in total. The molecule has 1 aliphatic heterocycles. The average molecular weight is 344 g/mol. The highest BCUT2D eigenvalue weighted by atomic mass is 32.1. The van der Waals surface area contributed by atoms with Crippen LogP contribution >= 0.6 is 11.3 Å². The Kier molecular flexibility index (Phi) is 5.45. The van der Waals surface area contributed by atoms with E-state index in [2.05, 4.69) is 31.6 Å². The highest BCUT2D eigenvalue weighted by Gasteiger charge is 2.26. The average Bonchev–Trinajstić information content (AvgIpc) is 3.10. The summed E-state index contributed by atoms with van der Waals surface area (Å²) >= 11 is 1.74. The first kappa shape index (κ1) is 16.9. The smallest absolute Gasteiger partial charge is 0.223 e. The maximum Gasteiger partial charge on any atom is 0.223 e. The van der Waals surface area contributed by atoms with Crippen molar-refractivity contribution in [3.8, 4) is 0 Å². The molecule has 0 spiro atoms. The van der Waals surface area contributed by atoms with Crippen molar-refractivity contribution >= 4 is 23.1 Å². The van der Waals surface area contributed by atoms with Crippen LogP contribution in [0.2, 0.25) is 0 Å². The molecule has 0 unspecified atom stereocenters. The first-order chi connectivity index (χ1) is 11.6. The number of piperidine rings is 1. The van der Waals surface area contributed by atoms with Crippen LogP contribution in [0.3, 0.4) is 0 Å². The molecule has 0 radical (unpaired) electrons. The summed E-state index contributed by atoms with van der Waals surface area (Å²) in [5, 5.41) is 5.16. The van der Waals surface area contributed by atoms with E-state index in [-0.39, 0.29) is 11.8 Å². The van der Waals surface area contributed by atoms with E-state index < -0.39 is 0 Å². The van der Waals surface area contributed by atoms with Crippen molar-refractivity contribution < 1.29 is 4.79 Å². The van der Waals surface area contributed by atoms with E-state index in [0.29, 0.717) is 0 Å². The summed E-state index contributed by atoms with van der Waals surface area (Å²) < 4.78 is 0. The zero-order valence-corrected chi connectivity index (χ0v) is 15.1. The zero-order valence-electron chi connectivity index (χ0n) is 14.3. The molecule has 3 heterocycles. The SMILES string of the molecule is Cc1cnc(C)c(N2CCC(C(=O)NCCc3cccs3)CC2)n1. The molecule has 0 saturated carbocycles. The monoisotopic (exact) mass is 344 g/mol. The van der Waals surface area contributed by atoms with E-state index >= 15 is 0 Å². The number of hydrogen-bond donors (Lipinski definition) is 1. The minimum absolute atomic E-state index is 0.114. The van der Waals surface area contributed by atoms with Crippen molar-refractivity contribution in [3.63, 3.8) is 0 Å². The molecule has 1 amide bonds. The lowest BCUT2D eigenvalue weighted by atomic mass is 9.95. The molecular formula is C18H24N4OS. The molecule has 128 valence electrons. The number of nitrogens with zero attached hydrogens (tertiary/aromatic N) is 3. The second kappa shape index (κ2) is 7.75. The third kappa shape index (κ3) is 4.12. The maximum absolute atomic E-state index is 12.3. The Morgan fingerprint density at radius 1 is 1.38 bits per heavy atom. The fourth-order valence-electron chi connectivity index (χ4n) is 3.09. The molecule has 24 heavy (non-hydrogen) atoms. The van der Waals surface area contributed by atoms with Gasteiger partial charge in [-0.3, -0.25) is 9.78 Å². The molecule has 0 aliphatic carbocycles. The van der Waals surface area contributed by atoms with Crippen LogP contribution in [0.4, 0.5) is 5.82 Å². The summed E-state index contributed by atoms with van der Waals surface area (Å²) in [6.07, 6.45) is 4.47. The lowest BCUT2D eigenvalue weighted by Gasteiger charge is -2.32. The van der Waals surface area contributed by atoms with Crippen LogP contribution in [-0.4, -0.2) is 35.5 Å². The van der Waals surface area contributed by atoms with E-state index in [9.17, 15) is 4.79 Å². The van der Waals surface area contributed by atoms with Crippen molar-refractivity contribution in [1.29, 1.82) is 0 Å². The predicted octanol–water partition coefficient (Wildman–Crippen LogP) is 2.73. The zero-order chi connectivity index (χ0) is 16.9. The predicted molar refractivity (Wildman–Crippen MR) is 97.5 cm³/mol. The van der Waals surface area contributed by atoms with Gasteiger partial charge in [0.25, 0.3) is 0 Å². The van der Waals surface area contributed by atoms with E-state index in [1.807, 2.05) is 19.9 Å². The summed E-state index contributed by atoms with van der Waals surface area (Å²) in [6, 6.07) is 4.16. The maximum atomic E-state index is 12.3. The van der Waals surface area contributed by atoms with E-state index in [0.717, 1.165) is 56.1 Å². The van der Waals surface area contributed by atoms with Gasteiger partial charge >= 0.3 is 0 Å². The van der Waals surface area contributed by atoms with Gasteiger partial charge in [0.2, 0.25) is 5.91 Å². The van der Waals surface area contributed by atoms with Gasteiger partial charge in [0.15, 0.2) is 0 Å². The molecule has 2 aromatic rings. The van der Waals surface area contributed by atoms with Crippen LogP contribution in [0.25, 0.3) is 0 Å². The van der Waals surface area contributed by atoms with Crippen LogP contribution in [0, 0.1) is 19.8 Å². The number of nitrogens with one attached hydrogen (secondary N) is 1. The van der Waals surface area contributed by atoms with Crippen molar-refractivity contribution in [2.45, 2.75) is 33.1 Å². The standard InChI is InChI=1S/C18H24N4OS/c1-13-12-20-14(2)17(21-13)22-9-6-15(7-10-22)18(23)19-8-5-16-4-3-11-24-16/h3-4,11-12,15H,5-10H2,1-2H3,(H,19,23). The number of carbonyl (C=O) groups is 1. The normalized spacial score (nSPS) is 15.5. The van der Waals surface area contributed by atoms with Crippen LogP contribution in [0.1, 0.15) is 29.1 Å². The van der Waals surface area contributed by atoms with Crippen molar-refractivity contribution in [2.75, 3.05) is 24.5 Å². The number of aryl methyl sites for hydroxylation is 2. The molecule has 0 aromatic carbocycles. The van der Waals surface area contributed by atoms with Gasteiger partial charge < -0.3 is 10.2 Å². The summed E-state index contributed by atoms with van der Waals surface area (Å²) in [7, 11) is 0. The Hall–Kier alpha value is -1.95. The van der Waals surface area contributed by atoms with Gasteiger partial charge in [0.1, 0.15) is 5.82 Å². The summed E-state index contributed by atoms with van der Waals surface area (Å²) in [5.41, 5.74) is 1.89. The number of carbonyl (C=O) groups excluding carboxylic acids is 1. The Labute approximate surface area is 147 Å². The van der Waals surface area contributed by atoms with E-state index in [1.54, 1.807) is 17.5 Å². The first-order valence-electron chi connectivity index (χ1n) is 8.49. The summed E-state index contributed by atoms with van der Waals surface area (Å²) in [4.78, 5) is 24.9. The highest BCUT2D eigenvalue weighted by molar-refractivity contribution is 7.09. The third-order valence-electron chi connectivity index (χ3n) is 4.47. The Morgan fingerprint density at radius 3 is 2.88 bits per heavy atom. The third-order valence-corrected chi connectivity index (χ3v) is 5.40. The fourth-order valence-corrected chi connectivity index (χ4v) is 3.79. The number of anilines is 1. The second-order valence-corrected chi connectivity index (χ2v) is 7.33. The van der Waals surface area contributed by atoms with Crippen molar-refractivity contribution in [1.82, 2.24) is 15.3 Å². The van der Waals surface area contributed by atoms with Gasteiger partial charge in [-0.15, -0.1) is 11.3 Å². The van der Waals surface area contributed by atoms with Crippen molar-refractivity contribution in [3.05, 3.63) is 40.0 Å². The molecule has 1 saturated heterocycles. The molecule has 1 aliphatic rings. The van der Waals surface area contributed by atoms with Crippen LogP contribution in [0.15, 0.2) is 23.7 Å². The van der Waals surface area contributed by atoms with Gasteiger partial charge in [-0.2, -0.15) is 0 Å². The Bertz CT molecular complexity index is 678. The summed E-state index contributed by atoms with van der Waals surface area (Å²) in [6.45, 7) is 6.40. The minimum atomic E-state index is 0.114. The molecule has 1 fully saturated rings. The minimum Gasteiger partial charge on any atom is -0.355 e. The Balaban J connectivity index is 1.47. The number of hydrogen-bond acceptors (Lipinski definition) is 5. The topological polar surface area (TPSA) is 58.1 Å². The molecular weight excluding hydrogens is 320 g/mol. The van der Waals surface area contributed by atoms with E-state index in [1.165, 1.54) is 4.88 Å². The number of aromatic nitrogens is 2. The van der Waals surface area contributed by atoms with E-state index in [4.69, 9.17) is 0 Å². The number of rotatable bonds is 5. The van der Waals surface area contributed by atoms with Crippen molar-refractivity contribution in [2.24, 2.45) is 5.92 Å². The first-order valence-corrected chi connectivity index (χ1v) is 9.36. The van der Waals surface area contributed by atoms with Gasteiger partial charge in [-0.25, -0.2) is 4.98 Å². The van der Waals surface area contributed by atoms with Gasteiger partial charge in [-0.05, 0) is 44.6 Å². The fraction of sp³-hybridized carbons (Fsp3) is 0.500. The Morgan fingerprint density at radius 2 is 2.17 bits per heavy atom. The highest BCUT2D eigenvalue weighted by Crippen LogP contribution is 2.24. The van der Waals surface area contributed by atoms with Crippen LogP contribution in [-0.2, 0) is 11.2 Å². The molecule has 0 bridgehead atoms. The van der Waals surface area contributed by atoms with Gasteiger partial charge in [0, 0.05) is 36.6 Å². The summed E-state index contributed by atoms with van der Waals surface area (Å²) in [5.74, 6) is 1.27. The van der Waals surface area contributed by atoms with Crippen LogP contribution < -0.4 is 10.2 Å².